The van der Waals surface area contributed by atoms with Gasteiger partial charge in [0, 0.05) is 0 Å². The third-order valence-corrected chi connectivity index (χ3v) is 10.4. The van der Waals surface area contributed by atoms with Crippen molar-refractivity contribution in [1.29, 1.82) is 0 Å². The second-order valence-corrected chi connectivity index (χ2v) is 15.7. The Bertz CT molecular complexity index is 226. The summed E-state index contributed by atoms with van der Waals surface area (Å²) in [6.07, 6.45) is 1.15. The smallest absolute Gasteiger partial charge is 0.141 e. The molecule has 0 aromatic carbocycles. The first kappa shape index (κ1) is 14.8. The second-order valence-electron chi connectivity index (χ2n) is 5.42. The van der Waals surface area contributed by atoms with E-state index in [9.17, 15) is 4.79 Å². The molecule has 0 unspecified atom stereocenters. The molecule has 0 radical (unpaired) electrons. The highest BCUT2D eigenvalue weighted by atomic mass is 28.3. The first-order valence-electron chi connectivity index (χ1n) is 6.03. The van der Waals surface area contributed by atoms with Crippen LogP contribution in [0.2, 0.25) is 37.8 Å². The molecular formula is C12H26OSi2. The first-order valence-corrected chi connectivity index (χ1v) is 12.2. The summed E-state index contributed by atoms with van der Waals surface area (Å²) in [6, 6.07) is 3.61. The number of aldehydes is 1. The van der Waals surface area contributed by atoms with E-state index in [0.717, 1.165) is 6.29 Å². The van der Waals surface area contributed by atoms with Crippen molar-refractivity contribution in [1.82, 2.24) is 0 Å². The summed E-state index contributed by atoms with van der Waals surface area (Å²) < 4.78 is 0. The van der Waals surface area contributed by atoms with Gasteiger partial charge in [0.05, 0.1) is 16.1 Å². The molecule has 88 valence electrons. The van der Waals surface area contributed by atoms with E-state index >= 15 is 0 Å². The van der Waals surface area contributed by atoms with Crippen molar-refractivity contribution in [3.63, 3.8) is 0 Å². The van der Waals surface area contributed by atoms with Crippen LogP contribution in [0.1, 0.15) is 20.8 Å². The van der Waals surface area contributed by atoms with E-state index in [1.807, 2.05) is 0 Å². The van der Waals surface area contributed by atoms with Crippen LogP contribution in [0.15, 0.2) is 10.9 Å². The van der Waals surface area contributed by atoms with E-state index < -0.39 is 16.1 Å². The van der Waals surface area contributed by atoms with Crippen LogP contribution in [-0.4, -0.2) is 22.4 Å². The van der Waals surface area contributed by atoms with Crippen LogP contribution in [-0.2, 0) is 4.79 Å². The van der Waals surface area contributed by atoms with Gasteiger partial charge in [-0.1, -0.05) is 64.2 Å². The van der Waals surface area contributed by atoms with E-state index in [4.69, 9.17) is 0 Å². The second kappa shape index (κ2) is 5.80. The SMILES string of the molecule is CC[Si](CC)(CC)C(C=O)=C[Si](C)(C)C. The highest BCUT2D eigenvalue weighted by Crippen LogP contribution is 2.28. The molecule has 0 fully saturated rings. The number of hydrogen-bond acceptors (Lipinski definition) is 1. The average molecular weight is 243 g/mol. The van der Waals surface area contributed by atoms with Crippen molar-refractivity contribution in [2.45, 2.75) is 58.5 Å². The largest absolute Gasteiger partial charge is 0.299 e. The zero-order valence-electron chi connectivity index (χ0n) is 11.2. The molecule has 0 saturated heterocycles. The van der Waals surface area contributed by atoms with Crippen molar-refractivity contribution in [2.75, 3.05) is 0 Å². The summed E-state index contributed by atoms with van der Waals surface area (Å²) in [7, 11) is -2.69. The van der Waals surface area contributed by atoms with Gasteiger partial charge in [0.1, 0.15) is 6.29 Å². The van der Waals surface area contributed by atoms with Crippen LogP contribution >= 0.6 is 0 Å². The number of carbonyl (C=O) groups excluding carboxylic acids is 1. The number of rotatable bonds is 6. The van der Waals surface area contributed by atoms with Crippen LogP contribution in [0.25, 0.3) is 0 Å². The predicted octanol–water partition coefficient (Wildman–Crippen LogP) is 4.04. The lowest BCUT2D eigenvalue weighted by Crippen LogP contribution is -2.37. The zero-order chi connectivity index (χ0) is 12.1. The van der Waals surface area contributed by atoms with Crippen LogP contribution in [0.3, 0.4) is 0 Å². The van der Waals surface area contributed by atoms with Gasteiger partial charge in [-0.05, 0) is 5.20 Å². The molecule has 0 spiro atoms. The molecule has 0 saturated carbocycles. The summed E-state index contributed by atoms with van der Waals surface area (Å²) in [5.74, 6) is 0. The van der Waals surface area contributed by atoms with E-state index in [2.05, 4.69) is 46.1 Å². The Hall–Kier alpha value is -0.156. The Kier molecular flexibility index (Phi) is 5.74. The quantitative estimate of drug-likeness (QED) is 0.390. The topological polar surface area (TPSA) is 17.1 Å². The van der Waals surface area contributed by atoms with Gasteiger partial charge in [-0.2, -0.15) is 0 Å². The summed E-state index contributed by atoms with van der Waals surface area (Å²) in [5.41, 5.74) is 2.34. The molecule has 0 aliphatic carbocycles. The van der Waals surface area contributed by atoms with Gasteiger partial charge < -0.3 is 0 Å². The third kappa shape index (κ3) is 4.07. The van der Waals surface area contributed by atoms with Crippen LogP contribution in [0.5, 0.6) is 0 Å². The maximum atomic E-state index is 11.3. The van der Waals surface area contributed by atoms with Gasteiger partial charge >= 0.3 is 0 Å². The molecular weight excluding hydrogens is 216 g/mol. The van der Waals surface area contributed by atoms with Crippen LogP contribution in [0.4, 0.5) is 0 Å². The predicted molar refractivity (Wildman–Crippen MR) is 74.7 cm³/mol. The van der Waals surface area contributed by atoms with Gasteiger partial charge in [-0.25, -0.2) is 0 Å². The van der Waals surface area contributed by atoms with Crippen molar-refractivity contribution in [3.05, 3.63) is 10.9 Å². The summed E-state index contributed by atoms with van der Waals surface area (Å²) in [5, 5.41) is 1.19. The molecule has 1 nitrogen and oxygen atoms in total. The summed E-state index contributed by atoms with van der Waals surface area (Å²) in [4.78, 5) is 11.3. The van der Waals surface area contributed by atoms with Gasteiger partial charge in [0.25, 0.3) is 0 Å². The molecule has 0 aromatic rings. The Morgan fingerprint density at radius 2 is 1.40 bits per heavy atom. The van der Waals surface area contributed by atoms with Gasteiger partial charge in [-0.3, -0.25) is 4.79 Å². The molecule has 0 amide bonds. The molecule has 0 heterocycles. The van der Waals surface area contributed by atoms with Crippen molar-refractivity contribution >= 4 is 22.4 Å². The fraction of sp³-hybridized carbons (Fsp3) is 0.750. The van der Waals surface area contributed by atoms with E-state index in [1.54, 1.807) is 0 Å². The van der Waals surface area contributed by atoms with Gasteiger partial charge in [-0.15, -0.1) is 0 Å². The minimum Gasteiger partial charge on any atom is -0.299 e. The molecule has 15 heavy (non-hydrogen) atoms. The van der Waals surface area contributed by atoms with Crippen LogP contribution in [0, 0.1) is 0 Å². The molecule has 0 N–H and O–H groups in total. The average Bonchev–Trinajstić information content (AvgIpc) is 2.17. The van der Waals surface area contributed by atoms with E-state index in [0.29, 0.717) is 0 Å². The Morgan fingerprint density at radius 1 is 1.00 bits per heavy atom. The van der Waals surface area contributed by atoms with Crippen molar-refractivity contribution < 1.29 is 4.79 Å². The maximum absolute atomic E-state index is 11.3. The molecule has 0 rings (SSSR count). The number of carbonyl (C=O) groups is 1. The molecule has 0 aliphatic rings. The monoisotopic (exact) mass is 242 g/mol. The summed E-state index contributed by atoms with van der Waals surface area (Å²) >= 11 is 0. The maximum Gasteiger partial charge on any atom is 0.141 e. The molecule has 0 atom stereocenters. The Balaban J connectivity index is 5.25. The van der Waals surface area contributed by atoms with Gasteiger partial charge in [0.15, 0.2) is 0 Å². The van der Waals surface area contributed by atoms with E-state index in [1.165, 1.54) is 23.3 Å². The lowest BCUT2D eigenvalue weighted by Gasteiger charge is -2.30. The van der Waals surface area contributed by atoms with E-state index in [-0.39, 0.29) is 0 Å². The lowest BCUT2D eigenvalue weighted by molar-refractivity contribution is -0.104. The third-order valence-electron chi connectivity index (χ3n) is 3.36. The molecule has 3 heteroatoms. The zero-order valence-corrected chi connectivity index (χ0v) is 13.2. The highest BCUT2D eigenvalue weighted by Gasteiger charge is 2.32. The fourth-order valence-corrected chi connectivity index (χ4v) is 8.64. The molecule has 0 aliphatic heterocycles. The minimum atomic E-state index is -1.43. The first-order chi connectivity index (χ1) is 6.85. The van der Waals surface area contributed by atoms with Crippen LogP contribution < -0.4 is 0 Å². The summed E-state index contributed by atoms with van der Waals surface area (Å²) in [6.45, 7) is 13.7. The standard InChI is InChI=1S/C12H26OSi2/c1-7-15(8-2,9-3)12(10-13)11-14(4,5)6/h10-11H,7-9H2,1-6H3. The number of hydrogen-bond donors (Lipinski definition) is 0. The molecule has 0 bridgehead atoms. The fourth-order valence-electron chi connectivity index (χ4n) is 2.14. The lowest BCUT2D eigenvalue weighted by atomic mass is 10.7. The number of allylic oxidation sites excluding steroid dienone is 1. The van der Waals surface area contributed by atoms with Crippen molar-refractivity contribution in [3.8, 4) is 0 Å². The van der Waals surface area contributed by atoms with Gasteiger partial charge in [0.2, 0.25) is 0 Å². The Morgan fingerprint density at radius 3 is 1.60 bits per heavy atom. The minimum absolute atomic E-state index is 1.15. The van der Waals surface area contributed by atoms with Crippen molar-refractivity contribution in [2.24, 2.45) is 0 Å². The Labute approximate surface area is 97.0 Å². The normalized spacial score (nSPS) is 14.1. The highest BCUT2D eigenvalue weighted by molar-refractivity contribution is 6.92. The molecule has 0 aromatic heterocycles.